The van der Waals surface area contributed by atoms with Crippen molar-refractivity contribution in [2.45, 2.75) is 39.2 Å². The number of hydrogen-bond donors (Lipinski definition) is 2. The molecular formula is C16H22FNO2. The smallest absolute Gasteiger partial charge is 0.306 e. The number of benzene rings is 1. The molecule has 0 aromatic heterocycles. The van der Waals surface area contributed by atoms with Crippen molar-refractivity contribution in [3.05, 3.63) is 35.1 Å². The minimum atomic E-state index is -0.654. The van der Waals surface area contributed by atoms with E-state index in [-0.39, 0.29) is 11.7 Å². The van der Waals surface area contributed by atoms with Crippen LogP contribution in [0.15, 0.2) is 18.2 Å². The number of carbonyl (C=O) groups is 1. The van der Waals surface area contributed by atoms with Gasteiger partial charge in [0.25, 0.3) is 0 Å². The summed E-state index contributed by atoms with van der Waals surface area (Å²) in [5.41, 5.74) is 1.76. The lowest BCUT2D eigenvalue weighted by Gasteiger charge is -2.26. The molecule has 0 heterocycles. The third-order valence-electron chi connectivity index (χ3n) is 4.18. The molecule has 0 bridgehead atoms. The first-order valence-corrected chi connectivity index (χ1v) is 7.25. The molecule has 1 saturated carbocycles. The molecule has 1 aromatic rings. The topological polar surface area (TPSA) is 49.3 Å². The molecule has 0 spiro atoms. The fraction of sp³-hybridized carbons (Fsp3) is 0.562. The number of aryl methyl sites for hydroxylation is 1. The minimum Gasteiger partial charge on any atom is -0.481 e. The Kier molecular flexibility index (Phi) is 5.12. The summed E-state index contributed by atoms with van der Waals surface area (Å²) in [5, 5.41) is 12.3. The normalized spacial score (nSPS) is 22.7. The zero-order chi connectivity index (χ0) is 14.5. The van der Waals surface area contributed by atoms with Crippen LogP contribution in [0.5, 0.6) is 0 Å². The van der Waals surface area contributed by atoms with Gasteiger partial charge in [0, 0.05) is 6.54 Å². The van der Waals surface area contributed by atoms with E-state index in [1.54, 1.807) is 13.0 Å². The molecule has 1 fully saturated rings. The van der Waals surface area contributed by atoms with Crippen LogP contribution in [0.2, 0.25) is 0 Å². The Bertz CT molecular complexity index is 468. The van der Waals surface area contributed by atoms with Crippen molar-refractivity contribution < 1.29 is 14.3 Å². The van der Waals surface area contributed by atoms with Crippen LogP contribution < -0.4 is 5.32 Å². The fourth-order valence-corrected chi connectivity index (χ4v) is 2.85. The van der Waals surface area contributed by atoms with Gasteiger partial charge in [0.1, 0.15) is 5.82 Å². The van der Waals surface area contributed by atoms with Gasteiger partial charge in [0.05, 0.1) is 5.92 Å². The number of halogens is 1. The van der Waals surface area contributed by atoms with Crippen LogP contribution in [0.4, 0.5) is 4.39 Å². The van der Waals surface area contributed by atoms with Gasteiger partial charge in [0.2, 0.25) is 0 Å². The lowest BCUT2D eigenvalue weighted by Crippen LogP contribution is -2.28. The highest BCUT2D eigenvalue weighted by Gasteiger charge is 2.25. The van der Waals surface area contributed by atoms with Gasteiger partial charge in [0.15, 0.2) is 0 Å². The predicted octanol–water partition coefficient (Wildman–Crippen LogP) is 3.11. The molecule has 1 aliphatic rings. The molecule has 1 aliphatic carbocycles. The minimum absolute atomic E-state index is 0.147. The summed E-state index contributed by atoms with van der Waals surface area (Å²) < 4.78 is 13.1. The predicted molar refractivity (Wildman–Crippen MR) is 75.9 cm³/mol. The van der Waals surface area contributed by atoms with Crippen molar-refractivity contribution in [1.29, 1.82) is 0 Å². The fourth-order valence-electron chi connectivity index (χ4n) is 2.85. The molecule has 110 valence electrons. The molecule has 2 N–H and O–H groups in total. The summed E-state index contributed by atoms with van der Waals surface area (Å²) >= 11 is 0. The Morgan fingerprint density at radius 3 is 2.65 bits per heavy atom. The molecule has 0 atom stereocenters. The van der Waals surface area contributed by atoms with Crippen LogP contribution in [0, 0.1) is 24.6 Å². The van der Waals surface area contributed by atoms with E-state index in [2.05, 4.69) is 5.32 Å². The second-order valence-corrected chi connectivity index (χ2v) is 5.77. The zero-order valence-corrected chi connectivity index (χ0v) is 11.9. The Labute approximate surface area is 119 Å². The molecule has 0 aliphatic heterocycles. The number of hydrogen-bond acceptors (Lipinski definition) is 2. The van der Waals surface area contributed by atoms with Gasteiger partial charge in [-0.05, 0) is 62.3 Å². The van der Waals surface area contributed by atoms with Gasteiger partial charge in [-0.1, -0.05) is 12.1 Å². The summed E-state index contributed by atoms with van der Waals surface area (Å²) in [4.78, 5) is 10.9. The quantitative estimate of drug-likeness (QED) is 0.870. The maximum absolute atomic E-state index is 13.1. The molecule has 0 radical (unpaired) electrons. The SMILES string of the molecule is Cc1cc(CNCC2CCC(C(=O)O)CC2)ccc1F. The first-order valence-electron chi connectivity index (χ1n) is 7.25. The van der Waals surface area contributed by atoms with Crippen molar-refractivity contribution in [2.75, 3.05) is 6.54 Å². The summed E-state index contributed by atoms with van der Waals surface area (Å²) in [7, 11) is 0. The Morgan fingerprint density at radius 1 is 1.35 bits per heavy atom. The van der Waals surface area contributed by atoms with E-state index in [1.165, 1.54) is 6.07 Å². The van der Waals surface area contributed by atoms with Crippen molar-refractivity contribution in [3.8, 4) is 0 Å². The first-order chi connectivity index (χ1) is 9.56. The third-order valence-corrected chi connectivity index (χ3v) is 4.18. The maximum atomic E-state index is 13.1. The highest BCUT2D eigenvalue weighted by atomic mass is 19.1. The average Bonchev–Trinajstić information content (AvgIpc) is 2.43. The standard InChI is InChI=1S/C16H22FNO2/c1-11-8-13(4-7-15(11)17)10-18-9-12-2-5-14(6-3-12)16(19)20/h4,7-8,12,14,18H,2-3,5-6,9-10H2,1H3,(H,19,20). The molecule has 0 unspecified atom stereocenters. The Morgan fingerprint density at radius 2 is 2.05 bits per heavy atom. The molecule has 4 heteroatoms. The van der Waals surface area contributed by atoms with Gasteiger partial charge in [-0.25, -0.2) is 4.39 Å². The van der Waals surface area contributed by atoms with Crippen LogP contribution in [0.3, 0.4) is 0 Å². The van der Waals surface area contributed by atoms with Crippen molar-refractivity contribution >= 4 is 5.97 Å². The molecule has 2 rings (SSSR count). The average molecular weight is 279 g/mol. The summed E-state index contributed by atoms with van der Waals surface area (Å²) in [6.07, 6.45) is 3.54. The molecular weight excluding hydrogens is 257 g/mol. The first kappa shape index (κ1) is 15.0. The van der Waals surface area contributed by atoms with Crippen LogP contribution in [-0.2, 0) is 11.3 Å². The highest BCUT2D eigenvalue weighted by molar-refractivity contribution is 5.69. The van der Waals surface area contributed by atoms with Gasteiger partial charge >= 0.3 is 5.97 Å². The highest BCUT2D eigenvalue weighted by Crippen LogP contribution is 2.28. The van der Waals surface area contributed by atoms with E-state index in [0.717, 1.165) is 44.3 Å². The van der Waals surface area contributed by atoms with Crippen LogP contribution in [0.25, 0.3) is 0 Å². The van der Waals surface area contributed by atoms with Crippen molar-refractivity contribution in [3.63, 3.8) is 0 Å². The van der Waals surface area contributed by atoms with E-state index in [0.29, 0.717) is 11.5 Å². The van der Waals surface area contributed by atoms with E-state index in [1.807, 2.05) is 6.07 Å². The van der Waals surface area contributed by atoms with Crippen LogP contribution >= 0.6 is 0 Å². The van der Waals surface area contributed by atoms with Gasteiger partial charge < -0.3 is 10.4 Å². The number of carboxylic acids is 1. The van der Waals surface area contributed by atoms with E-state index in [9.17, 15) is 9.18 Å². The largest absolute Gasteiger partial charge is 0.481 e. The van der Waals surface area contributed by atoms with Crippen LogP contribution in [-0.4, -0.2) is 17.6 Å². The molecule has 1 aromatic carbocycles. The summed E-state index contributed by atoms with van der Waals surface area (Å²) in [6.45, 7) is 3.41. The molecule has 0 amide bonds. The number of aliphatic carboxylic acids is 1. The second-order valence-electron chi connectivity index (χ2n) is 5.77. The van der Waals surface area contributed by atoms with Crippen molar-refractivity contribution in [2.24, 2.45) is 11.8 Å². The zero-order valence-electron chi connectivity index (χ0n) is 11.9. The Balaban J connectivity index is 1.71. The van der Waals surface area contributed by atoms with E-state index >= 15 is 0 Å². The third kappa shape index (κ3) is 4.04. The lowest BCUT2D eigenvalue weighted by atomic mass is 9.82. The summed E-state index contributed by atoms with van der Waals surface area (Å²) in [5.74, 6) is -0.405. The van der Waals surface area contributed by atoms with E-state index < -0.39 is 5.97 Å². The van der Waals surface area contributed by atoms with Gasteiger partial charge in [-0.15, -0.1) is 0 Å². The number of nitrogens with one attached hydrogen (secondary N) is 1. The van der Waals surface area contributed by atoms with E-state index in [4.69, 9.17) is 5.11 Å². The number of carboxylic acid groups (broad SMARTS) is 1. The maximum Gasteiger partial charge on any atom is 0.306 e. The van der Waals surface area contributed by atoms with Crippen LogP contribution in [0.1, 0.15) is 36.8 Å². The number of rotatable bonds is 5. The van der Waals surface area contributed by atoms with Gasteiger partial charge in [-0.3, -0.25) is 4.79 Å². The molecule has 20 heavy (non-hydrogen) atoms. The molecule has 0 saturated heterocycles. The second kappa shape index (κ2) is 6.84. The molecule has 3 nitrogen and oxygen atoms in total. The monoisotopic (exact) mass is 279 g/mol. The van der Waals surface area contributed by atoms with Gasteiger partial charge in [-0.2, -0.15) is 0 Å². The lowest BCUT2D eigenvalue weighted by molar-refractivity contribution is -0.143. The Hall–Kier alpha value is -1.42. The summed E-state index contributed by atoms with van der Waals surface area (Å²) in [6, 6.07) is 5.17. The van der Waals surface area contributed by atoms with Crippen molar-refractivity contribution in [1.82, 2.24) is 5.32 Å².